The van der Waals surface area contributed by atoms with Gasteiger partial charge in [0.05, 0.1) is 23.7 Å². The molecule has 0 aliphatic rings. The van der Waals surface area contributed by atoms with E-state index in [-0.39, 0.29) is 16.5 Å². The van der Waals surface area contributed by atoms with Crippen molar-refractivity contribution in [1.82, 2.24) is 0 Å². The minimum Gasteiger partial charge on any atom is -0.491 e. The molecule has 0 radical (unpaired) electrons. The molecule has 1 aromatic rings. The molecule has 0 unspecified atom stereocenters. The molecule has 110 valence electrons. The molecule has 0 aliphatic carbocycles. The smallest absolute Gasteiger partial charge is 0.249 e. The van der Waals surface area contributed by atoms with Crippen LogP contribution >= 0.6 is 11.6 Å². The number of nitrogens with zero attached hydrogens (tertiary/aromatic N) is 1. The number of ether oxygens (including phenoxy) is 2. The Balaban J connectivity index is 3.32. The zero-order valence-corrected chi connectivity index (χ0v) is 12.7. The van der Waals surface area contributed by atoms with Crippen molar-refractivity contribution in [2.45, 2.75) is 20.8 Å². The van der Waals surface area contributed by atoms with Crippen LogP contribution in [0.25, 0.3) is 6.08 Å². The van der Waals surface area contributed by atoms with Crippen LogP contribution in [0.5, 0.6) is 11.5 Å². The minimum atomic E-state index is -0.386. The third-order valence-electron chi connectivity index (χ3n) is 2.65. The summed E-state index contributed by atoms with van der Waals surface area (Å²) >= 11 is 6.11. The quantitative estimate of drug-likeness (QED) is 0.588. The van der Waals surface area contributed by atoms with Crippen LogP contribution in [-0.4, -0.2) is 18.6 Å². The van der Waals surface area contributed by atoms with E-state index in [1.807, 2.05) is 6.92 Å². The molecule has 0 aliphatic heterocycles. The molecule has 0 atom stereocenters. The average molecular weight is 300 g/mol. The lowest BCUT2D eigenvalue weighted by Crippen LogP contribution is -2.05. The molecule has 0 heterocycles. The normalized spacial score (nSPS) is 11.6. The maximum Gasteiger partial charge on any atom is 0.249 e. The fraction of sp³-hybridized carbons (Fsp3) is 0.429. The molecule has 1 rings (SSSR count). The van der Waals surface area contributed by atoms with Gasteiger partial charge in [-0.25, -0.2) is 0 Å². The second-order valence-electron chi connectivity index (χ2n) is 4.45. The predicted molar refractivity (Wildman–Crippen MR) is 79.0 cm³/mol. The van der Waals surface area contributed by atoms with Crippen molar-refractivity contribution in [3.05, 3.63) is 38.5 Å². The zero-order chi connectivity index (χ0) is 15.3. The van der Waals surface area contributed by atoms with Crippen LogP contribution in [0, 0.1) is 16.0 Å². The van der Waals surface area contributed by atoms with E-state index in [0.29, 0.717) is 28.7 Å². The van der Waals surface area contributed by atoms with Gasteiger partial charge in [-0.3, -0.25) is 10.1 Å². The third-order valence-corrected chi connectivity index (χ3v) is 2.93. The van der Waals surface area contributed by atoms with Gasteiger partial charge in [0.2, 0.25) is 5.70 Å². The van der Waals surface area contributed by atoms with Crippen LogP contribution in [0.3, 0.4) is 0 Å². The van der Waals surface area contributed by atoms with Gasteiger partial charge in [0.15, 0.2) is 11.5 Å². The highest BCUT2D eigenvalue weighted by Gasteiger charge is 2.17. The van der Waals surface area contributed by atoms with Gasteiger partial charge in [-0.15, -0.1) is 0 Å². The summed E-state index contributed by atoms with van der Waals surface area (Å²) in [6.07, 6.45) is 1.50. The lowest BCUT2D eigenvalue weighted by atomic mass is 10.1. The Morgan fingerprint density at radius 3 is 2.60 bits per heavy atom. The van der Waals surface area contributed by atoms with E-state index in [4.69, 9.17) is 21.1 Å². The number of hydrogen-bond donors (Lipinski definition) is 0. The van der Waals surface area contributed by atoms with Gasteiger partial charge in [-0.2, -0.15) is 0 Å². The maximum absolute atomic E-state index is 11.0. The van der Waals surface area contributed by atoms with Crippen LogP contribution in [-0.2, 0) is 0 Å². The molecule has 0 fully saturated rings. The van der Waals surface area contributed by atoms with Crippen molar-refractivity contribution in [3.8, 4) is 11.5 Å². The number of methoxy groups -OCH3 is 1. The van der Waals surface area contributed by atoms with E-state index in [2.05, 4.69) is 0 Å². The van der Waals surface area contributed by atoms with Gasteiger partial charge in [-0.05, 0) is 24.6 Å². The summed E-state index contributed by atoms with van der Waals surface area (Å²) in [7, 11) is 1.50. The number of rotatable bonds is 6. The van der Waals surface area contributed by atoms with Crippen LogP contribution in [0.2, 0.25) is 5.02 Å². The Morgan fingerprint density at radius 1 is 1.50 bits per heavy atom. The van der Waals surface area contributed by atoms with E-state index in [1.54, 1.807) is 26.0 Å². The standard InChI is InChI=1S/C14H18ClNO4/c1-5-20-13-8-10(6-11(15)14(13)19-4)7-12(9(2)3)16(17)18/h6-9H,5H2,1-4H3/b12-7-. The van der Waals surface area contributed by atoms with Crippen molar-refractivity contribution < 1.29 is 14.4 Å². The van der Waals surface area contributed by atoms with Crippen molar-refractivity contribution in [2.24, 2.45) is 5.92 Å². The summed E-state index contributed by atoms with van der Waals surface area (Å²) in [6, 6.07) is 3.30. The average Bonchev–Trinajstić information content (AvgIpc) is 2.35. The SMILES string of the molecule is CCOc1cc(/C=C(/C(C)C)[N+](=O)[O-])cc(Cl)c1OC. The van der Waals surface area contributed by atoms with E-state index in [1.165, 1.54) is 13.2 Å². The van der Waals surface area contributed by atoms with Gasteiger partial charge in [0, 0.05) is 12.0 Å². The molecule has 0 bridgehead atoms. The highest BCUT2D eigenvalue weighted by molar-refractivity contribution is 6.32. The lowest BCUT2D eigenvalue weighted by molar-refractivity contribution is -0.431. The van der Waals surface area contributed by atoms with Crippen molar-refractivity contribution >= 4 is 17.7 Å². The van der Waals surface area contributed by atoms with Crippen LogP contribution in [0.1, 0.15) is 26.3 Å². The first-order valence-corrected chi connectivity index (χ1v) is 6.64. The minimum absolute atomic E-state index is 0.119. The number of halogens is 1. The molecular weight excluding hydrogens is 282 g/mol. The second kappa shape index (κ2) is 7.14. The van der Waals surface area contributed by atoms with E-state index < -0.39 is 0 Å². The van der Waals surface area contributed by atoms with E-state index in [0.717, 1.165) is 0 Å². The maximum atomic E-state index is 11.0. The molecule has 0 spiro atoms. The number of hydrogen-bond acceptors (Lipinski definition) is 4. The first-order valence-electron chi connectivity index (χ1n) is 6.27. The Kier molecular flexibility index (Phi) is 5.82. The summed E-state index contributed by atoms with van der Waals surface area (Å²) in [5, 5.41) is 11.4. The zero-order valence-electron chi connectivity index (χ0n) is 12.0. The Hall–Kier alpha value is -1.75. The fourth-order valence-corrected chi connectivity index (χ4v) is 2.03. The highest BCUT2D eigenvalue weighted by atomic mass is 35.5. The molecule has 0 saturated carbocycles. The monoisotopic (exact) mass is 299 g/mol. The van der Waals surface area contributed by atoms with Crippen LogP contribution in [0.15, 0.2) is 17.8 Å². The third kappa shape index (κ3) is 3.87. The Labute approximate surface area is 123 Å². The lowest BCUT2D eigenvalue weighted by Gasteiger charge is -2.12. The van der Waals surface area contributed by atoms with Gasteiger partial charge in [0.25, 0.3) is 0 Å². The Bertz CT molecular complexity index is 526. The molecule has 0 amide bonds. The molecular formula is C14H18ClNO4. The first-order chi connectivity index (χ1) is 9.40. The molecule has 20 heavy (non-hydrogen) atoms. The molecule has 1 aromatic carbocycles. The number of nitro groups is 1. The number of benzene rings is 1. The summed E-state index contributed by atoms with van der Waals surface area (Å²) < 4.78 is 10.6. The van der Waals surface area contributed by atoms with Gasteiger partial charge < -0.3 is 9.47 Å². The van der Waals surface area contributed by atoms with E-state index in [9.17, 15) is 10.1 Å². The van der Waals surface area contributed by atoms with Crippen molar-refractivity contribution in [2.75, 3.05) is 13.7 Å². The summed E-state index contributed by atoms with van der Waals surface area (Å²) in [5.74, 6) is 0.708. The largest absolute Gasteiger partial charge is 0.491 e. The van der Waals surface area contributed by atoms with Gasteiger partial charge in [0.1, 0.15) is 0 Å². The number of allylic oxidation sites excluding steroid dienone is 1. The molecule has 5 nitrogen and oxygen atoms in total. The van der Waals surface area contributed by atoms with Crippen LogP contribution < -0.4 is 9.47 Å². The summed E-state index contributed by atoms with van der Waals surface area (Å²) in [4.78, 5) is 10.6. The highest BCUT2D eigenvalue weighted by Crippen LogP contribution is 2.37. The molecule has 6 heteroatoms. The Morgan fingerprint density at radius 2 is 2.15 bits per heavy atom. The second-order valence-corrected chi connectivity index (χ2v) is 4.86. The first kappa shape index (κ1) is 16.3. The molecule has 0 aromatic heterocycles. The topological polar surface area (TPSA) is 61.6 Å². The van der Waals surface area contributed by atoms with Crippen molar-refractivity contribution in [1.29, 1.82) is 0 Å². The molecule has 0 N–H and O–H groups in total. The van der Waals surface area contributed by atoms with E-state index >= 15 is 0 Å². The molecule has 0 saturated heterocycles. The fourth-order valence-electron chi connectivity index (χ4n) is 1.73. The van der Waals surface area contributed by atoms with Gasteiger partial charge >= 0.3 is 0 Å². The van der Waals surface area contributed by atoms with Crippen LogP contribution in [0.4, 0.5) is 0 Å². The summed E-state index contributed by atoms with van der Waals surface area (Å²) in [5.41, 5.74) is 0.730. The van der Waals surface area contributed by atoms with Gasteiger partial charge in [-0.1, -0.05) is 25.4 Å². The predicted octanol–water partition coefficient (Wildman–Crippen LogP) is 4.02. The summed E-state index contributed by atoms with van der Waals surface area (Å²) in [6.45, 7) is 5.82. The van der Waals surface area contributed by atoms with Crippen molar-refractivity contribution in [3.63, 3.8) is 0 Å².